The van der Waals surface area contributed by atoms with Crippen molar-refractivity contribution in [1.29, 1.82) is 0 Å². The predicted molar refractivity (Wildman–Crippen MR) is 55.4 cm³/mol. The average molecular weight is 207 g/mol. The summed E-state index contributed by atoms with van der Waals surface area (Å²) in [6, 6.07) is 1.77. The van der Waals surface area contributed by atoms with E-state index in [1.807, 2.05) is 6.92 Å². The molecule has 0 aliphatic carbocycles. The lowest BCUT2D eigenvalue weighted by atomic mass is 10.00. The summed E-state index contributed by atoms with van der Waals surface area (Å²) < 4.78 is 0. The van der Waals surface area contributed by atoms with Crippen molar-refractivity contribution in [3.05, 3.63) is 23.5 Å². The fourth-order valence-electron chi connectivity index (χ4n) is 1.86. The Bertz CT molecular complexity index is 406. The number of hydrogen-bond acceptors (Lipinski definition) is 3. The minimum Gasteiger partial charge on any atom is -0.465 e. The maximum Gasteiger partial charge on any atom is 0.407 e. The standard InChI is InChI=1S/C10H13N3O2/c1-6-2-9-7(3-8(11)4-12-9)5-13(6)10(14)15/h3-4,6H,2,5,11H2,1H3,(H,14,15). The Morgan fingerprint density at radius 2 is 2.47 bits per heavy atom. The first-order valence-corrected chi connectivity index (χ1v) is 4.80. The highest BCUT2D eigenvalue weighted by Crippen LogP contribution is 2.22. The first-order chi connectivity index (χ1) is 7.08. The molecule has 0 saturated carbocycles. The van der Waals surface area contributed by atoms with Gasteiger partial charge in [0.05, 0.1) is 18.4 Å². The first-order valence-electron chi connectivity index (χ1n) is 4.80. The molecule has 1 aromatic heterocycles. The predicted octanol–water partition coefficient (Wildman–Crippen LogP) is 1.09. The van der Waals surface area contributed by atoms with Gasteiger partial charge in [0.15, 0.2) is 0 Å². The number of fused-ring (bicyclic) bond motifs is 1. The molecule has 1 amide bonds. The maximum absolute atomic E-state index is 10.9. The molecule has 0 bridgehead atoms. The molecule has 15 heavy (non-hydrogen) atoms. The third-order valence-corrected chi connectivity index (χ3v) is 2.69. The molecule has 0 saturated heterocycles. The van der Waals surface area contributed by atoms with Gasteiger partial charge in [-0.1, -0.05) is 0 Å². The minimum absolute atomic E-state index is 0.0221. The van der Waals surface area contributed by atoms with Crippen LogP contribution in [0.15, 0.2) is 12.3 Å². The molecule has 0 spiro atoms. The summed E-state index contributed by atoms with van der Waals surface area (Å²) >= 11 is 0. The highest BCUT2D eigenvalue weighted by Gasteiger charge is 2.27. The summed E-state index contributed by atoms with van der Waals surface area (Å²) in [5, 5.41) is 8.98. The molecule has 1 atom stereocenters. The second-order valence-electron chi connectivity index (χ2n) is 3.84. The van der Waals surface area contributed by atoms with Gasteiger partial charge in [0.25, 0.3) is 0 Å². The summed E-state index contributed by atoms with van der Waals surface area (Å²) in [4.78, 5) is 16.6. The van der Waals surface area contributed by atoms with Crippen LogP contribution in [0.1, 0.15) is 18.2 Å². The van der Waals surface area contributed by atoms with Gasteiger partial charge >= 0.3 is 6.09 Å². The largest absolute Gasteiger partial charge is 0.465 e. The molecule has 3 N–H and O–H groups in total. The molecular formula is C10H13N3O2. The Morgan fingerprint density at radius 3 is 3.13 bits per heavy atom. The number of aromatic nitrogens is 1. The van der Waals surface area contributed by atoms with E-state index in [1.54, 1.807) is 12.3 Å². The lowest BCUT2D eigenvalue weighted by Gasteiger charge is -2.31. The molecule has 1 unspecified atom stereocenters. The summed E-state index contributed by atoms with van der Waals surface area (Å²) in [5.41, 5.74) is 8.05. The summed E-state index contributed by atoms with van der Waals surface area (Å²) in [5.74, 6) is 0. The molecule has 1 aliphatic heterocycles. The average Bonchev–Trinajstić information content (AvgIpc) is 2.17. The van der Waals surface area contributed by atoms with Gasteiger partial charge in [-0.25, -0.2) is 4.79 Å². The molecule has 2 rings (SSSR count). The van der Waals surface area contributed by atoms with Crippen LogP contribution in [0.4, 0.5) is 10.5 Å². The van der Waals surface area contributed by atoms with Crippen molar-refractivity contribution in [3.8, 4) is 0 Å². The van der Waals surface area contributed by atoms with Crippen LogP contribution in [0.25, 0.3) is 0 Å². The summed E-state index contributed by atoms with van der Waals surface area (Å²) in [6.45, 7) is 2.26. The van der Waals surface area contributed by atoms with Gasteiger partial charge in [-0.2, -0.15) is 0 Å². The van der Waals surface area contributed by atoms with Crippen molar-refractivity contribution < 1.29 is 9.90 Å². The summed E-state index contributed by atoms with van der Waals surface area (Å²) in [7, 11) is 0. The number of nitrogen functional groups attached to an aromatic ring is 1. The zero-order valence-corrected chi connectivity index (χ0v) is 8.47. The molecule has 1 aliphatic rings. The van der Waals surface area contributed by atoms with E-state index < -0.39 is 6.09 Å². The molecule has 1 aromatic rings. The maximum atomic E-state index is 10.9. The zero-order valence-electron chi connectivity index (χ0n) is 8.47. The fraction of sp³-hybridized carbons (Fsp3) is 0.400. The number of rotatable bonds is 0. The molecule has 80 valence electrons. The Kier molecular flexibility index (Phi) is 2.22. The van der Waals surface area contributed by atoms with E-state index in [2.05, 4.69) is 4.98 Å². The Hall–Kier alpha value is -1.78. The van der Waals surface area contributed by atoms with Gasteiger partial charge in [-0.3, -0.25) is 4.98 Å². The fourth-order valence-corrected chi connectivity index (χ4v) is 1.86. The number of carboxylic acid groups (broad SMARTS) is 1. The molecule has 5 heteroatoms. The van der Waals surface area contributed by atoms with Crippen LogP contribution in [0.5, 0.6) is 0 Å². The van der Waals surface area contributed by atoms with Gasteiger partial charge in [-0.15, -0.1) is 0 Å². The number of pyridine rings is 1. The van der Waals surface area contributed by atoms with Gasteiger partial charge in [0, 0.05) is 18.2 Å². The van der Waals surface area contributed by atoms with E-state index in [0.29, 0.717) is 18.7 Å². The number of carbonyl (C=O) groups is 1. The molecule has 0 radical (unpaired) electrons. The zero-order chi connectivity index (χ0) is 11.0. The van der Waals surface area contributed by atoms with Gasteiger partial charge in [-0.05, 0) is 18.6 Å². The number of hydrogen-bond donors (Lipinski definition) is 2. The van der Waals surface area contributed by atoms with E-state index >= 15 is 0 Å². The van der Waals surface area contributed by atoms with Crippen LogP contribution in [0.3, 0.4) is 0 Å². The topological polar surface area (TPSA) is 79.5 Å². The second kappa shape index (κ2) is 3.42. The normalized spacial score (nSPS) is 19.8. The summed E-state index contributed by atoms with van der Waals surface area (Å²) in [6.07, 6.45) is 1.37. The Labute approximate surface area is 87.5 Å². The molecule has 0 fully saturated rings. The van der Waals surface area contributed by atoms with Gasteiger partial charge in [0.1, 0.15) is 0 Å². The SMILES string of the molecule is CC1Cc2ncc(N)cc2CN1C(=O)O. The van der Waals surface area contributed by atoms with Crippen molar-refractivity contribution in [3.63, 3.8) is 0 Å². The molecule has 0 aromatic carbocycles. The van der Waals surface area contributed by atoms with E-state index in [1.165, 1.54) is 4.90 Å². The molecule has 2 heterocycles. The van der Waals surface area contributed by atoms with Crippen LogP contribution < -0.4 is 5.73 Å². The highest BCUT2D eigenvalue weighted by molar-refractivity contribution is 5.66. The van der Waals surface area contributed by atoms with Gasteiger partial charge < -0.3 is 15.7 Å². The van der Waals surface area contributed by atoms with Crippen molar-refractivity contribution in [2.24, 2.45) is 0 Å². The van der Waals surface area contributed by atoms with Crippen LogP contribution in [0, 0.1) is 0 Å². The number of anilines is 1. The van der Waals surface area contributed by atoms with Crippen molar-refractivity contribution >= 4 is 11.8 Å². The first kappa shape index (κ1) is 9.76. The van der Waals surface area contributed by atoms with E-state index in [9.17, 15) is 4.79 Å². The van der Waals surface area contributed by atoms with Crippen molar-refractivity contribution in [1.82, 2.24) is 9.88 Å². The van der Waals surface area contributed by atoms with Crippen molar-refractivity contribution in [2.75, 3.05) is 5.73 Å². The smallest absolute Gasteiger partial charge is 0.407 e. The van der Waals surface area contributed by atoms with Gasteiger partial charge in [0.2, 0.25) is 0 Å². The highest BCUT2D eigenvalue weighted by atomic mass is 16.4. The monoisotopic (exact) mass is 207 g/mol. The van der Waals surface area contributed by atoms with Crippen LogP contribution in [-0.2, 0) is 13.0 Å². The van der Waals surface area contributed by atoms with E-state index in [4.69, 9.17) is 10.8 Å². The third-order valence-electron chi connectivity index (χ3n) is 2.69. The van der Waals surface area contributed by atoms with Crippen LogP contribution in [-0.4, -0.2) is 27.1 Å². The van der Waals surface area contributed by atoms with Crippen LogP contribution >= 0.6 is 0 Å². The third kappa shape index (κ3) is 1.72. The Balaban J connectivity index is 2.34. The molecule has 5 nitrogen and oxygen atoms in total. The van der Waals surface area contributed by atoms with Crippen LogP contribution in [0.2, 0.25) is 0 Å². The van der Waals surface area contributed by atoms with Crippen molar-refractivity contribution in [2.45, 2.75) is 25.9 Å². The molecular weight excluding hydrogens is 194 g/mol. The lowest BCUT2D eigenvalue weighted by Crippen LogP contribution is -2.42. The number of nitrogens with zero attached hydrogens (tertiary/aromatic N) is 2. The van der Waals surface area contributed by atoms with E-state index in [0.717, 1.165) is 11.3 Å². The number of amides is 1. The van der Waals surface area contributed by atoms with E-state index in [-0.39, 0.29) is 6.04 Å². The number of nitrogens with two attached hydrogens (primary N) is 1. The minimum atomic E-state index is -0.893. The second-order valence-corrected chi connectivity index (χ2v) is 3.84. The quantitative estimate of drug-likeness (QED) is 0.667. The Morgan fingerprint density at radius 1 is 1.73 bits per heavy atom. The lowest BCUT2D eigenvalue weighted by molar-refractivity contribution is 0.119.